The van der Waals surface area contributed by atoms with Gasteiger partial charge in [0, 0.05) is 31.3 Å². The molecule has 0 aromatic heterocycles. The summed E-state index contributed by atoms with van der Waals surface area (Å²) < 4.78 is 64.9. The summed E-state index contributed by atoms with van der Waals surface area (Å²) >= 11 is 0. The number of likely N-dealkylation sites (N-methyl/N-ethyl adjacent to an activating group) is 1. The molecule has 0 radical (unpaired) electrons. The molecule has 1 aromatic carbocycles. The molecule has 0 saturated carbocycles. The molecule has 0 heterocycles. The lowest BCUT2D eigenvalue weighted by Gasteiger charge is -2.31. The van der Waals surface area contributed by atoms with E-state index in [1.165, 1.54) is 20.9 Å². The van der Waals surface area contributed by atoms with Crippen LogP contribution in [-0.2, 0) is 20.4 Å². The molecular weight excluding hydrogens is 397 g/mol. The van der Waals surface area contributed by atoms with Gasteiger partial charge in [-0.05, 0) is 32.0 Å². The van der Waals surface area contributed by atoms with Gasteiger partial charge in [-0.2, -0.15) is 8.78 Å². The topological polar surface area (TPSA) is 105 Å². The fraction of sp³-hybridized carbons (Fsp3) is 0.529. The van der Waals surface area contributed by atoms with Crippen LogP contribution in [0.2, 0.25) is 0 Å². The molecule has 7 nitrogen and oxygen atoms in total. The Morgan fingerprint density at radius 2 is 1.96 bits per heavy atom. The first-order valence-electron chi connectivity index (χ1n) is 8.53. The number of anilines is 1. The minimum Gasteiger partial charge on any atom is -0.387 e. The van der Waals surface area contributed by atoms with Crippen molar-refractivity contribution >= 4 is 27.5 Å². The number of rotatable bonds is 9. The van der Waals surface area contributed by atoms with Crippen LogP contribution >= 0.6 is 0 Å². The molecule has 28 heavy (non-hydrogen) atoms. The van der Waals surface area contributed by atoms with Gasteiger partial charge in [0.25, 0.3) is 5.91 Å². The van der Waals surface area contributed by atoms with Crippen molar-refractivity contribution in [2.45, 2.75) is 39.2 Å². The molecule has 1 atom stereocenters. The van der Waals surface area contributed by atoms with Gasteiger partial charge >= 0.3 is 6.43 Å². The number of benzene rings is 1. The maximum absolute atomic E-state index is 14.6. The summed E-state index contributed by atoms with van der Waals surface area (Å²) in [6.45, 7) is 4.43. The molecular formula is C17H25F3N4O3S. The van der Waals surface area contributed by atoms with Crippen LogP contribution in [0.3, 0.4) is 0 Å². The molecule has 158 valence electrons. The minimum atomic E-state index is -3.60. The highest BCUT2D eigenvalue weighted by Crippen LogP contribution is 2.32. The largest absolute Gasteiger partial charge is 0.387 e. The number of aliphatic imine (C=N–C) groups is 1. The van der Waals surface area contributed by atoms with Gasteiger partial charge in [-0.15, -0.1) is 0 Å². The summed E-state index contributed by atoms with van der Waals surface area (Å²) in [5.41, 5.74) is 4.20. The number of nitrogens with two attached hydrogens (primary N) is 1. The zero-order chi connectivity index (χ0) is 21.7. The van der Waals surface area contributed by atoms with Gasteiger partial charge < -0.3 is 11.1 Å². The molecule has 0 aliphatic heterocycles. The zero-order valence-corrected chi connectivity index (χ0v) is 17.0. The third kappa shape index (κ3) is 5.93. The van der Waals surface area contributed by atoms with Crippen LogP contribution < -0.4 is 11.1 Å². The number of carbonyl (C=O) groups is 1. The van der Waals surface area contributed by atoms with Crippen molar-refractivity contribution in [3.05, 3.63) is 29.6 Å². The highest BCUT2D eigenvalue weighted by atomic mass is 32.2. The van der Waals surface area contributed by atoms with E-state index in [0.29, 0.717) is 6.42 Å². The lowest BCUT2D eigenvalue weighted by molar-refractivity contribution is -0.126. The van der Waals surface area contributed by atoms with Crippen LogP contribution in [-0.4, -0.2) is 50.2 Å². The Hall–Kier alpha value is -2.14. The Morgan fingerprint density at radius 3 is 2.46 bits per heavy atom. The molecule has 3 N–H and O–H groups in total. The summed E-state index contributed by atoms with van der Waals surface area (Å²) in [5, 5.41) is 1.98. The summed E-state index contributed by atoms with van der Waals surface area (Å²) in [7, 11) is -2.27. The van der Waals surface area contributed by atoms with Crippen LogP contribution in [0, 0.1) is 5.82 Å². The van der Waals surface area contributed by atoms with Crippen LogP contribution in [0.1, 0.15) is 32.8 Å². The molecule has 0 aliphatic rings. The highest BCUT2D eigenvalue weighted by molar-refractivity contribution is 7.89. The van der Waals surface area contributed by atoms with Crippen LogP contribution in [0.5, 0.6) is 0 Å². The second kappa shape index (κ2) is 9.37. The summed E-state index contributed by atoms with van der Waals surface area (Å²) in [4.78, 5) is 15.5. The van der Waals surface area contributed by atoms with Gasteiger partial charge in [0.05, 0.1) is 11.6 Å². The number of carbonyl (C=O) groups excluding carboxylic acids is 1. The quantitative estimate of drug-likeness (QED) is 0.471. The minimum absolute atomic E-state index is 0.0702. The predicted octanol–water partition coefficient (Wildman–Crippen LogP) is 2.29. The molecule has 0 aliphatic carbocycles. The number of alkyl halides is 2. The normalized spacial score (nSPS) is 15.0. The van der Waals surface area contributed by atoms with E-state index in [-0.39, 0.29) is 29.4 Å². The predicted molar refractivity (Wildman–Crippen MR) is 102 cm³/mol. The van der Waals surface area contributed by atoms with Crippen molar-refractivity contribution in [3.63, 3.8) is 0 Å². The number of halogens is 3. The van der Waals surface area contributed by atoms with E-state index in [4.69, 9.17) is 5.73 Å². The van der Waals surface area contributed by atoms with Crippen LogP contribution in [0.25, 0.3) is 0 Å². The molecule has 0 unspecified atom stereocenters. The van der Waals surface area contributed by atoms with Crippen molar-refractivity contribution in [1.29, 1.82) is 0 Å². The Morgan fingerprint density at radius 1 is 1.36 bits per heavy atom. The first-order chi connectivity index (χ1) is 12.9. The third-order valence-electron chi connectivity index (χ3n) is 4.14. The van der Waals surface area contributed by atoms with Crippen LogP contribution in [0.4, 0.5) is 18.9 Å². The van der Waals surface area contributed by atoms with Crippen LogP contribution in [0.15, 0.2) is 23.2 Å². The fourth-order valence-electron chi connectivity index (χ4n) is 2.54. The number of hydrogen-bond donors (Lipinski definition) is 2. The van der Waals surface area contributed by atoms with Gasteiger partial charge in [-0.25, -0.2) is 17.1 Å². The summed E-state index contributed by atoms with van der Waals surface area (Å²) in [6, 6.07) is 3.26. The second-order valence-corrected chi connectivity index (χ2v) is 8.74. The number of amides is 1. The average molecular weight is 422 g/mol. The van der Waals surface area contributed by atoms with Gasteiger partial charge in [0.15, 0.2) is 0 Å². The fourth-order valence-corrected chi connectivity index (χ4v) is 3.43. The Bertz CT molecular complexity index is 846. The lowest BCUT2D eigenvalue weighted by atomic mass is 9.91. The van der Waals surface area contributed by atoms with Crippen molar-refractivity contribution in [3.8, 4) is 0 Å². The zero-order valence-electron chi connectivity index (χ0n) is 16.2. The highest BCUT2D eigenvalue weighted by Gasteiger charge is 2.34. The van der Waals surface area contributed by atoms with E-state index in [2.05, 4.69) is 4.99 Å². The maximum Gasteiger partial charge on any atom is 0.315 e. The van der Waals surface area contributed by atoms with E-state index in [9.17, 15) is 26.4 Å². The van der Waals surface area contributed by atoms with Crippen molar-refractivity contribution in [2.24, 2.45) is 10.7 Å². The molecule has 0 fully saturated rings. The standard InChI is InChI=1S/C17H25F3N4O3S/c1-5-14(21)23-17(3,10-24(4)28(26,27)6-2)12-9-11(7-8-13(12)18)22-16(25)15(19)20/h7-9,15H,5-6,10H2,1-4H3,(H2,21,23)(H,22,25)/t17-/m0/s1. The summed E-state index contributed by atoms with van der Waals surface area (Å²) in [6.07, 6.45) is -2.90. The molecule has 0 saturated heterocycles. The number of nitrogens with zero attached hydrogens (tertiary/aromatic N) is 2. The average Bonchev–Trinajstić information content (AvgIpc) is 2.62. The van der Waals surface area contributed by atoms with E-state index < -0.39 is 33.7 Å². The Labute approximate surface area is 162 Å². The van der Waals surface area contributed by atoms with Crippen molar-refractivity contribution < 1.29 is 26.4 Å². The molecule has 0 spiro atoms. The Kier molecular flexibility index (Phi) is 8.00. The second-order valence-electron chi connectivity index (χ2n) is 6.37. The van der Waals surface area contributed by atoms with Gasteiger partial charge in [-0.3, -0.25) is 9.79 Å². The molecule has 1 amide bonds. The van der Waals surface area contributed by atoms with Crippen molar-refractivity contribution in [2.75, 3.05) is 24.7 Å². The number of sulfonamides is 1. The van der Waals surface area contributed by atoms with E-state index >= 15 is 0 Å². The molecule has 11 heteroatoms. The summed E-state index contributed by atoms with van der Waals surface area (Å²) in [5.74, 6) is -2.29. The van der Waals surface area contributed by atoms with E-state index in [1.54, 1.807) is 6.92 Å². The van der Waals surface area contributed by atoms with Gasteiger partial charge in [-0.1, -0.05) is 6.92 Å². The molecule has 1 rings (SSSR count). The first-order valence-corrected chi connectivity index (χ1v) is 10.1. The number of nitrogens with one attached hydrogen (secondary N) is 1. The lowest BCUT2D eigenvalue weighted by Crippen LogP contribution is -2.41. The monoisotopic (exact) mass is 422 g/mol. The van der Waals surface area contributed by atoms with Gasteiger partial charge in [0.2, 0.25) is 10.0 Å². The SMILES string of the molecule is CCC(N)=N[C@@](C)(CN(C)S(=O)(=O)CC)c1cc(NC(=O)C(F)F)ccc1F. The molecule has 0 bridgehead atoms. The number of amidine groups is 1. The third-order valence-corrected chi connectivity index (χ3v) is 5.94. The maximum atomic E-state index is 14.6. The van der Waals surface area contributed by atoms with Crippen molar-refractivity contribution in [1.82, 2.24) is 4.31 Å². The Balaban J connectivity index is 3.47. The smallest absolute Gasteiger partial charge is 0.315 e. The number of hydrogen-bond acceptors (Lipinski definition) is 4. The van der Waals surface area contributed by atoms with Gasteiger partial charge in [0.1, 0.15) is 11.4 Å². The molecule has 1 aromatic rings. The first kappa shape index (κ1) is 23.9. The van der Waals surface area contributed by atoms with E-state index in [0.717, 1.165) is 22.5 Å². The van der Waals surface area contributed by atoms with E-state index in [1.807, 2.05) is 5.32 Å².